The molecule has 0 unspecified atom stereocenters. The van der Waals surface area contributed by atoms with E-state index in [-0.39, 0.29) is 5.69 Å². The van der Waals surface area contributed by atoms with Crippen LogP contribution in [0, 0.1) is 13.8 Å². The Morgan fingerprint density at radius 1 is 1.44 bits per heavy atom. The second-order valence-electron chi connectivity index (χ2n) is 4.47. The van der Waals surface area contributed by atoms with Gasteiger partial charge in [-0.15, -0.1) is 0 Å². The first-order chi connectivity index (χ1) is 8.54. The number of nitrogens with zero attached hydrogens (tertiary/aromatic N) is 3. The summed E-state index contributed by atoms with van der Waals surface area (Å²) in [5, 5.41) is 13.0. The van der Waals surface area contributed by atoms with Crippen molar-refractivity contribution in [2.75, 3.05) is 0 Å². The van der Waals surface area contributed by atoms with E-state index in [9.17, 15) is 4.79 Å². The standard InChI is InChI=1S/C13H17N3O2/c1-4-5-6-10-8(2)14-12-7-11(13(17)18)15-16(12)9(10)3/h7H,4-6H2,1-3H3,(H,17,18). The largest absolute Gasteiger partial charge is 0.476 e. The molecule has 2 aromatic heterocycles. The van der Waals surface area contributed by atoms with Crippen molar-refractivity contribution in [3.63, 3.8) is 0 Å². The maximum Gasteiger partial charge on any atom is 0.356 e. The third-order valence-corrected chi connectivity index (χ3v) is 3.16. The predicted octanol–water partition coefficient (Wildman–Crippen LogP) is 2.39. The molecule has 0 aromatic carbocycles. The average molecular weight is 247 g/mol. The number of hydrogen-bond acceptors (Lipinski definition) is 3. The fourth-order valence-electron chi connectivity index (χ4n) is 2.15. The summed E-state index contributed by atoms with van der Waals surface area (Å²) in [5.74, 6) is -1.02. The van der Waals surface area contributed by atoms with Crippen molar-refractivity contribution < 1.29 is 9.90 Å². The van der Waals surface area contributed by atoms with Crippen LogP contribution in [-0.2, 0) is 6.42 Å². The zero-order chi connectivity index (χ0) is 13.3. The summed E-state index contributed by atoms with van der Waals surface area (Å²) in [6.45, 7) is 6.07. The van der Waals surface area contributed by atoms with Crippen LogP contribution < -0.4 is 0 Å². The van der Waals surface area contributed by atoms with Crippen molar-refractivity contribution in [1.29, 1.82) is 0 Å². The van der Waals surface area contributed by atoms with E-state index in [1.807, 2.05) is 13.8 Å². The molecule has 0 aliphatic rings. The number of aromatic nitrogens is 3. The topological polar surface area (TPSA) is 67.5 Å². The normalized spacial score (nSPS) is 11.1. The van der Waals surface area contributed by atoms with Gasteiger partial charge in [0.2, 0.25) is 0 Å². The highest BCUT2D eigenvalue weighted by Gasteiger charge is 2.14. The molecule has 5 nitrogen and oxygen atoms in total. The fourth-order valence-corrected chi connectivity index (χ4v) is 2.15. The molecular weight excluding hydrogens is 230 g/mol. The highest BCUT2D eigenvalue weighted by atomic mass is 16.4. The molecule has 5 heteroatoms. The van der Waals surface area contributed by atoms with Crippen LogP contribution in [0.2, 0.25) is 0 Å². The minimum atomic E-state index is -1.02. The lowest BCUT2D eigenvalue weighted by Gasteiger charge is -2.10. The van der Waals surface area contributed by atoms with Crippen molar-refractivity contribution in [3.8, 4) is 0 Å². The summed E-state index contributed by atoms with van der Waals surface area (Å²) >= 11 is 0. The SMILES string of the molecule is CCCCc1c(C)nc2cc(C(=O)O)nn2c1C. The van der Waals surface area contributed by atoms with Crippen molar-refractivity contribution >= 4 is 11.6 Å². The molecule has 18 heavy (non-hydrogen) atoms. The Balaban J connectivity index is 2.57. The first-order valence-corrected chi connectivity index (χ1v) is 6.13. The zero-order valence-corrected chi connectivity index (χ0v) is 10.9. The maximum atomic E-state index is 10.9. The molecule has 96 valence electrons. The number of carbonyl (C=O) groups is 1. The lowest BCUT2D eigenvalue weighted by molar-refractivity contribution is 0.0690. The Morgan fingerprint density at radius 3 is 2.78 bits per heavy atom. The average Bonchev–Trinajstić information content (AvgIpc) is 2.73. The van der Waals surface area contributed by atoms with Gasteiger partial charge in [0.05, 0.1) is 0 Å². The van der Waals surface area contributed by atoms with Crippen LogP contribution in [0.4, 0.5) is 0 Å². The summed E-state index contributed by atoms with van der Waals surface area (Å²) in [7, 11) is 0. The van der Waals surface area contributed by atoms with E-state index in [0.29, 0.717) is 5.65 Å². The van der Waals surface area contributed by atoms with Crippen molar-refractivity contribution in [2.24, 2.45) is 0 Å². The second-order valence-corrected chi connectivity index (χ2v) is 4.47. The highest BCUT2D eigenvalue weighted by Crippen LogP contribution is 2.17. The number of hydrogen-bond donors (Lipinski definition) is 1. The Kier molecular flexibility index (Phi) is 3.32. The van der Waals surface area contributed by atoms with Gasteiger partial charge in [-0.25, -0.2) is 14.3 Å². The van der Waals surface area contributed by atoms with E-state index >= 15 is 0 Å². The maximum absolute atomic E-state index is 10.9. The number of rotatable bonds is 4. The van der Waals surface area contributed by atoms with E-state index in [1.54, 1.807) is 4.52 Å². The van der Waals surface area contributed by atoms with Gasteiger partial charge in [0.25, 0.3) is 0 Å². The molecule has 0 saturated heterocycles. The van der Waals surface area contributed by atoms with Crippen molar-refractivity contribution in [2.45, 2.75) is 40.0 Å². The number of carboxylic acids is 1. The molecule has 0 saturated carbocycles. The molecule has 0 spiro atoms. The highest BCUT2D eigenvalue weighted by molar-refractivity contribution is 5.86. The van der Waals surface area contributed by atoms with E-state index in [1.165, 1.54) is 11.6 Å². The lowest BCUT2D eigenvalue weighted by Crippen LogP contribution is -2.06. The van der Waals surface area contributed by atoms with Gasteiger partial charge in [0.1, 0.15) is 0 Å². The minimum absolute atomic E-state index is 0.0395. The van der Waals surface area contributed by atoms with Crippen LogP contribution in [0.3, 0.4) is 0 Å². The Labute approximate surface area is 105 Å². The molecule has 0 amide bonds. The summed E-state index contributed by atoms with van der Waals surface area (Å²) in [4.78, 5) is 15.3. The van der Waals surface area contributed by atoms with Gasteiger partial charge in [-0.05, 0) is 32.3 Å². The third-order valence-electron chi connectivity index (χ3n) is 3.16. The van der Waals surface area contributed by atoms with E-state index in [4.69, 9.17) is 5.11 Å². The first kappa shape index (κ1) is 12.5. The zero-order valence-electron chi connectivity index (χ0n) is 10.9. The van der Waals surface area contributed by atoms with Gasteiger partial charge in [-0.1, -0.05) is 13.3 Å². The van der Waals surface area contributed by atoms with Gasteiger partial charge in [0, 0.05) is 17.5 Å². The van der Waals surface area contributed by atoms with Crippen LogP contribution >= 0.6 is 0 Å². The monoisotopic (exact) mass is 247 g/mol. The van der Waals surface area contributed by atoms with Gasteiger partial charge < -0.3 is 5.11 Å². The molecule has 0 atom stereocenters. The number of aryl methyl sites for hydroxylation is 2. The molecule has 0 aliphatic heterocycles. The quantitative estimate of drug-likeness (QED) is 0.900. The Hall–Kier alpha value is -1.91. The van der Waals surface area contributed by atoms with Crippen molar-refractivity contribution in [3.05, 3.63) is 28.7 Å². The Morgan fingerprint density at radius 2 is 2.17 bits per heavy atom. The summed E-state index contributed by atoms with van der Waals surface area (Å²) in [6, 6.07) is 1.51. The van der Waals surface area contributed by atoms with Crippen LogP contribution in [0.1, 0.15) is 47.2 Å². The first-order valence-electron chi connectivity index (χ1n) is 6.13. The van der Waals surface area contributed by atoms with Gasteiger partial charge in [-0.2, -0.15) is 5.10 Å². The van der Waals surface area contributed by atoms with E-state index in [0.717, 1.165) is 30.7 Å². The van der Waals surface area contributed by atoms with Gasteiger partial charge >= 0.3 is 5.97 Å². The number of unbranched alkanes of at least 4 members (excludes halogenated alkanes) is 1. The Bertz CT molecular complexity index is 602. The summed E-state index contributed by atoms with van der Waals surface area (Å²) in [5.41, 5.74) is 3.76. The van der Waals surface area contributed by atoms with Crippen LogP contribution in [0.15, 0.2) is 6.07 Å². The molecule has 2 aromatic rings. The second kappa shape index (κ2) is 4.76. The molecule has 2 heterocycles. The van der Waals surface area contributed by atoms with Crippen LogP contribution in [-0.4, -0.2) is 25.7 Å². The van der Waals surface area contributed by atoms with E-state index in [2.05, 4.69) is 17.0 Å². The molecule has 1 N–H and O–H groups in total. The molecular formula is C13H17N3O2. The summed E-state index contributed by atoms with van der Waals surface area (Å²) in [6.07, 6.45) is 3.18. The number of carboxylic acid groups (broad SMARTS) is 1. The third kappa shape index (κ3) is 2.08. The van der Waals surface area contributed by atoms with E-state index < -0.39 is 5.97 Å². The fraction of sp³-hybridized carbons (Fsp3) is 0.462. The van der Waals surface area contributed by atoms with Gasteiger partial charge in [0.15, 0.2) is 11.3 Å². The molecule has 0 radical (unpaired) electrons. The lowest BCUT2D eigenvalue weighted by atomic mass is 10.1. The van der Waals surface area contributed by atoms with Crippen LogP contribution in [0.5, 0.6) is 0 Å². The minimum Gasteiger partial charge on any atom is -0.476 e. The summed E-state index contributed by atoms with van der Waals surface area (Å²) < 4.78 is 1.63. The van der Waals surface area contributed by atoms with Gasteiger partial charge in [-0.3, -0.25) is 0 Å². The molecule has 0 aliphatic carbocycles. The molecule has 0 fully saturated rings. The van der Waals surface area contributed by atoms with Crippen LogP contribution in [0.25, 0.3) is 5.65 Å². The van der Waals surface area contributed by atoms with Crippen molar-refractivity contribution in [1.82, 2.24) is 14.6 Å². The molecule has 2 rings (SSSR count). The predicted molar refractivity (Wildman–Crippen MR) is 68.0 cm³/mol. The molecule has 0 bridgehead atoms. The number of aromatic carboxylic acids is 1. The number of fused-ring (bicyclic) bond motifs is 1. The smallest absolute Gasteiger partial charge is 0.356 e.